The largest absolute Gasteiger partial charge is 0.504 e. The maximum Gasteiger partial charge on any atom is 0.161 e. The highest BCUT2D eigenvalue weighted by Gasteiger charge is 2.24. The minimum Gasteiger partial charge on any atom is -0.504 e. The van der Waals surface area contributed by atoms with Crippen molar-refractivity contribution in [1.29, 1.82) is 0 Å². The number of phenolic OH excluding ortho intramolecular Hbond substituents is 1. The normalized spacial score (nSPS) is 23.0. The first kappa shape index (κ1) is 15.2. The summed E-state index contributed by atoms with van der Waals surface area (Å²) in [6.07, 6.45) is 5.36. The number of ether oxygens (including phenoxy) is 1. The number of benzene rings is 1. The van der Waals surface area contributed by atoms with Crippen LogP contribution < -0.4 is 4.74 Å². The van der Waals surface area contributed by atoms with Crippen molar-refractivity contribution in [2.75, 3.05) is 13.7 Å². The van der Waals surface area contributed by atoms with Crippen molar-refractivity contribution in [2.24, 2.45) is 5.92 Å². The molecule has 3 nitrogen and oxygen atoms in total. The predicted octanol–water partition coefficient (Wildman–Crippen LogP) is 3.80. The zero-order valence-electron chi connectivity index (χ0n) is 12.9. The number of aromatic hydroxyl groups is 1. The molecule has 20 heavy (non-hydrogen) atoms. The van der Waals surface area contributed by atoms with Crippen LogP contribution in [0.2, 0.25) is 0 Å². The summed E-state index contributed by atoms with van der Waals surface area (Å²) in [7, 11) is 2.21. The van der Waals surface area contributed by atoms with Crippen molar-refractivity contribution in [1.82, 2.24) is 4.90 Å². The summed E-state index contributed by atoms with van der Waals surface area (Å²) in [4.78, 5) is 2.45. The summed E-state index contributed by atoms with van der Waals surface area (Å²) in [5.74, 6) is 1.59. The van der Waals surface area contributed by atoms with Crippen LogP contribution in [0.4, 0.5) is 0 Å². The van der Waals surface area contributed by atoms with Gasteiger partial charge in [0.25, 0.3) is 0 Å². The molecule has 2 rings (SSSR count). The Morgan fingerprint density at radius 1 is 1.30 bits per heavy atom. The summed E-state index contributed by atoms with van der Waals surface area (Å²) >= 11 is 0. The lowest BCUT2D eigenvalue weighted by atomic mass is 9.85. The fraction of sp³-hybridized carbons (Fsp3) is 0.647. The second-order valence-electron chi connectivity index (χ2n) is 5.98. The summed E-state index contributed by atoms with van der Waals surface area (Å²) in [6, 6.07) is 6.36. The molecule has 1 aliphatic carbocycles. The first-order valence-corrected chi connectivity index (χ1v) is 7.76. The minimum absolute atomic E-state index is 0.226. The van der Waals surface area contributed by atoms with Crippen LogP contribution in [0.1, 0.15) is 45.1 Å². The van der Waals surface area contributed by atoms with Gasteiger partial charge in [-0.1, -0.05) is 25.8 Å². The van der Waals surface area contributed by atoms with Crippen LogP contribution in [0.3, 0.4) is 0 Å². The van der Waals surface area contributed by atoms with Crippen LogP contribution in [0.5, 0.6) is 11.5 Å². The van der Waals surface area contributed by atoms with Gasteiger partial charge < -0.3 is 9.84 Å². The van der Waals surface area contributed by atoms with Crippen LogP contribution in [-0.2, 0) is 6.54 Å². The molecular formula is C17H27NO2. The van der Waals surface area contributed by atoms with Crippen molar-refractivity contribution < 1.29 is 9.84 Å². The van der Waals surface area contributed by atoms with Gasteiger partial charge in [-0.15, -0.1) is 0 Å². The Hall–Kier alpha value is -1.22. The van der Waals surface area contributed by atoms with Crippen LogP contribution in [-0.4, -0.2) is 29.7 Å². The van der Waals surface area contributed by atoms with Crippen molar-refractivity contribution in [3.63, 3.8) is 0 Å². The van der Waals surface area contributed by atoms with Crippen LogP contribution in [0, 0.1) is 5.92 Å². The average Bonchev–Trinajstić information content (AvgIpc) is 2.43. The number of hydrogen-bond donors (Lipinski definition) is 1. The highest BCUT2D eigenvalue weighted by molar-refractivity contribution is 5.41. The fourth-order valence-electron chi connectivity index (χ4n) is 3.28. The van der Waals surface area contributed by atoms with Gasteiger partial charge in [-0.3, -0.25) is 4.90 Å². The minimum atomic E-state index is 0.226. The summed E-state index contributed by atoms with van der Waals surface area (Å²) in [6.45, 7) is 5.78. The summed E-state index contributed by atoms with van der Waals surface area (Å²) in [5.41, 5.74) is 1.20. The molecule has 2 unspecified atom stereocenters. The van der Waals surface area contributed by atoms with E-state index in [1.165, 1.54) is 31.2 Å². The van der Waals surface area contributed by atoms with Crippen molar-refractivity contribution in [3.8, 4) is 11.5 Å². The Morgan fingerprint density at radius 3 is 2.75 bits per heavy atom. The van der Waals surface area contributed by atoms with Crippen molar-refractivity contribution >= 4 is 0 Å². The van der Waals surface area contributed by atoms with E-state index in [4.69, 9.17) is 4.74 Å². The molecule has 1 saturated carbocycles. The quantitative estimate of drug-likeness (QED) is 0.888. The molecule has 1 N–H and O–H groups in total. The molecule has 0 aromatic heterocycles. The maximum atomic E-state index is 9.75. The Morgan fingerprint density at radius 2 is 2.05 bits per heavy atom. The summed E-state index contributed by atoms with van der Waals surface area (Å²) in [5, 5.41) is 9.75. The highest BCUT2D eigenvalue weighted by atomic mass is 16.5. The zero-order valence-corrected chi connectivity index (χ0v) is 12.9. The molecule has 1 aromatic rings. The molecular weight excluding hydrogens is 250 g/mol. The van der Waals surface area contributed by atoms with Gasteiger partial charge >= 0.3 is 0 Å². The molecule has 0 radical (unpaired) electrons. The van der Waals surface area contributed by atoms with Gasteiger partial charge in [-0.25, -0.2) is 0 Å². The van der Waals surface area contributed by atoms with Gasteiger partial charge in [0.2, 0.25) is 0 Å². The van der Waals surface area contributed by atoms with Crippen molar-refractivity contribution in [2.45, 2.75) is 52.1 Å². The van der Waals surface area contributed by atoms with Gasteiger partial charge in [0.15, 0.2) is 11.5 Å². The van der Waals surface area contributed by atoms with Crippen LogP contribution in [0.15, 0.2) is 18.2 Å². The van der Waals surface area contributed by atoms with E-state index in [-0.39, 0.29) is 5.75 Å². The third-order valence-electron chi connectivity index (χ3n) is 4.39. The van der Waals surface area contributed by atoms with Gasteiger partial charge in [-0.05, 0) is 50.4 Å². The smallest absolute Gasteiger partial charge is 0.161 e. The van der Waals surface area contributed by atoms with Gasteiger partial charge in [0, 0.05) is 12.6 Å². The van der Waals surface area contributed by atoms with Crippen LogP contribution in [0.25, 0.3) is 0 Å². The first-order valence-electron chi connectivity index (χ1n) is 7.76. The molecule has 0 spiro atoms. The molecule has 0 heterocycles. The molecule has 112 valence electrons. The molecule has 1 aliphatic rings. The molecule has 2 atom stereocenters. The predicted molar refractivity (Wildman–Crippen MR) is 82.2 cm³/mol. The number of hydrogen-bond acceptors (Lipinski definition) is 3. The van der Waals surface area contributed by atoms with E-state index in [0.717, 1.165) is 12.5 Å². The highest BCUT2D eigenvalue weighted by Crippen LogP contribution is 2.30. The second kappa shape index (κ2) is 6.98. The molecule has 0 bridgehead atoms. The average molecular weight is 277 g/mol. The lowest BCUT2D eigenvalue weighted by molar-refractivity contribution is 0.133. The first-order chi connectivity index (χ1) is 9.61. The van der Waals surface area contributed by atoms with E-state index < -0.39 is 0 Å². The lowest BCUT2D eigenvalue weighted by Crippen LogP contribution is -2.38. The monoisotopic (exact) mass is 277 g/mol. The van der Waals surface area contributed by atoms with E-state index in [0.29, 0.717) is 18.4 Å². The Balaban J connectivity index is 2.03. The Kier molecular flexibility index (Phi) is 5.30. The van der Waals surface area contributed by atoms with Gasteiger partial charge in [-0.2, -0.15) is 0 Å². The maximum absolute atomic E-state index is 9.75. The van der Waals surface area contributed by atoms with Crippen molar-refractivity contribution in [3.05, 3.63) is 23.8 Å². The van der Waals surface area contributed by atoms with E-state index in [1.807, 2.05) is 19.1 Å². The molecule has 1 fully saturated rings. The molecule has 3 heteroatoms. The van der Waals surface area contributed by atoms with Gasteiger partial charge in [0.05, 0.1) is 6.61 Å². The van der Waals surface area contributed by atoms with Gasteiger partial charge in [0.1, 0.15) is 0 Å². The van der Waals surface area contributed by atoms with E-state index >= 15 is 0 Å². The molecule has 1 aromatic carbocycles. The SMILES string of the molecule is CCOc1cc(CN(C)C2CCCCC2C)ccc1O. The fourth-order valence-corrected chi connectivity index (χ4v) is 3.28. The van der Waals surface area contributed by atoms with E-state index in [9.17, 15) is 5.11 Å². The number of rotatable bonds is 5. The molecule has 0 amide bonds. The van der Waals surface area contributed by atoms with E-state index in [2.05, 4.69) is 18.9 Å². The second-order valence-corrected chi connectivity index (χ2v) is 5.98. The zero-order chi connectivity index (χ0) is 14.5. The van der Waals surface area contributed by atoms with E-state index in [1.54, 1.807) is 6.07 Å². The number of nitrogens with zero attached hydrogens (tertiary/aromatic N) is 1. The molecule has 0 saturated heterocycles. The Labute approximate surface area is 122 Å². The summed E-state index contributed by atoms with van der Waals surface area (Å²) < 4.78 is 5.46. The Bertz CT molecular complexity index is 433. The third-order valence-corrected chi connectivity index (χ3v) is 4.39. The number of phenols is 1. The van der Waals surface area contributed by atoms with Crippen LogP contribution >= 0.6 is 0 Å². The lowest BCUT2D eigenvalue weighted by Gasteiger charge is -2.36. The molecule has 0 aliphatic heterocycles. The topological polar surface area (TPSA) is 32.7 Å². The standard InChI is InChI=1S/C17H27NO2/c1-4-20-17-11-14(9-10-16(17)19)12-18(3)15-8-6-5-7-13(15)2/h9-11,13,15,19H,4-8,12H2,1-3H3. The third kappa shape index (κ3) is 3.66.